The number of hydrogen-bond donors (Lipinski definition) is 0. The van der Waals surface area contributed by atoms with Crippen molar-refractivity contribution >= 4 is 33.0 Å². The normalized spacial score (nSPS) is 36.1. The van der Waals surface area contributed by atoms with Crippen LogP contribution in [0.25, 0.3) is 0 Å². The zero-order valence-electron chi connectivity index (χ0n) is 12.4. The summed E-state index contributed by atoms with van der Waals surface area (Å²) in [4.78, 5) is 22.6. The van der Waals surface area contributed by atoms with E-state index < -0.39 is 27.4 Å². The molecule has 3 fully saturated rings. The number of esters is 1. The maximum atomic E-state index is 11.8. The number of carbonyl (C=O) groups excluding carboxylic acids is 2. The van der Waals surface area contributed by atoms with Gasteiger partial charge in [0.2, 0.25) is 5.12 Å². The Hall–Kier alpha value is -0.900. The summed E-state index contributed by atoms with van der Waals surface area (Å²) in [6.07, 6.45) is 1.70. The molecule has 2 bridgehead atoms. The highest BCUT2D eigenvalue weighted by Gasteiger charge is 2.64. The Balaban J connectivity index is 1.41. The van der Waals surface area contributed by atoms with Crippen LogP contribution in [0.2, 0.25) is 0 Å². The van der Waals surface area contributed by atoms with Gasteiger partial charge in [0.1, 0.15) is 19.3 Å². The smallest absolute Gasteiger partial charge is 0.332 e. The predicted octanol–water partition coefficient (Wildman–Crippen LogP) is 0.498. The topological polar surface area (TPSA) is 96.0 Å². The second-order valence-electron chi connectivity index (χ2n) is 5.86. The summed E-state index contributed by atoms with van der Waals surface area (Å²) in [6.45, 7) is 3.22. The van der Waals surface area contributed by atoms with Crippen molar-refractivity contribution in [3.05, 3.63) is 12.7 Å². The van der Waals surface area contributed by atoms with Crippen LogP contribution in [0.1, 0.15) is 12.8 Å². The van der Waals surface area contributed by atoms with E-state index in [9.17, 15) is 18.0 Å². The molecule has 1 aliphatic heterocycles. The van der Waals surface area contributed by atoms with Crippen molar-refractivity contribution in [1.29, 1.82) is 0 Å². The molecular weight excluding hydrogens is 344 g/mol. The van der Waals surface area contributed by atoms with E-state index in [4.69, 9.17) is 13.7 Å². The minimum absolute atomic E-state index is 0.00710. The number of rotatable bonds is 7. The van der Waals surface area contributed by atoms with Crippen LogP contribution in [0.3, 0.4) is 0 Å². The third-order valence-corrected chi connectivity index (χ3v) is 7.16. The van der Waals surface area contributed by atoms with Crippen molar-refractivity contribution in [2.24, 2.45) is 11.8 Å². The minimum atomic E-state index is -3.47. The Morgan fingerprint density at radius 3 is 2.87 bits per heavy atom. The van der Waals surface area contributed by atoms with Gasteiger partial charge in [-0.05, 0) is 24.8 Å². The molecular formula is C14H18O7S2. The molecule has 0 aromatic heterocycles. The molecule has 128 valence electrons. The molecule has 5 atom stereocenters. The van der Waals surface area contributed by atoms with Crippen LogP contribution < -0.4 is 0 Å². The molecule has 7 nitrogen and oxygen atoms in total. The third kappa shape index (κ3) is 3.33. The first-order valence-electron chi connectivity index (χ1n) is 7.41. The maximum Gasteiger partial charge on any atom is 0.332 e. The van der Waals surface area contributed by atoms with Crippen LogP contribution in [-0.4, -0.2) is 55.9 Å². The van der Waals surface area contributed by atoms with Crippen molar-refractivity contribution in [1.82, 2.24) is 0 Å². The van der Waals surface area contributed by atoms with E-state index in [1.54, 1.807) is 0 Å². The van der Waals surface area contributed by atoms with Crippen LogP contribution in [0.4, 0.5) is 0 Å². The van der Waals surface area contributed by atoms with E-state index in [1.807, 2.05) is 0 Å². The second-order valence-corrected chi connectivity index (χ2v) is 8.74. The Kier molecular flexibility index (Phi) is 4.82. The monoisotopic (exact) mass is 362 g/mol. The lowest BCUT2D eigenvalue weighted by atomic mass is 9.94. The van der Waals surface area contributed by atoms with Crippen LogP contribution in [-0.2, 0) is 33.4 Å². The highest BCUT2D eigenvalue weighted by molar-refractivity contribution is 8.14. The lowest BCUT2D eigenvalue weighted by molar-refractivity contribution is -0.153. The summed E-state index contributed by atoms with van der Waals surface area (Å²) in [5.41, 5.74) is 0. The van der Waals surface area contributed by atoms with Gasteiger partial charge in [0.15, 0.2) is 0 Å². The molecule has 0 radical (unpaired) electrons. The molecule has 0 aromatic carbocycles. The van der Waals surface area contributed by atoms with Gasteiger partial charge >= 0.3 is 5.97 Å². The number of thioether (sulfide) groups is 1. The first-order valence-corrected chi connectivity index (χ1v) is 9.86. The number of fused-ring (bicyclic) bond motifs is 1. The van der Waals surface area contributed by atoms with Gasteiger partial charge in [0, 0.05) is 11.7 Å². The second kappa shape index (κ2) is 6.54. The average Bonchev–Trinajstić information content (AvgIpc) is 3.12. The summed E-state index contributed by atoms with van der Waals surface area (Å²) < 4.78 is 39.3. The Bertz CT molecular complexity index is 615. The van der Waals surface area contributed by atoms with Gasteiger partial charge in [-0.15, -0.1) is 0 Å². The molecule has 0 aromatic rings. The van der Waals surface area contributed by atoms with E-state index in [-0.39, 0.29) is 36.3 Å². The summed E-state index contributed by atoms with van der Waals surface area (Å²) in [5.74, 6) is -0.0545. The standard InChI is InChI=1S/C14H18O7S2/c1-2-12(16)22-4-3-19-11(15)7-20-13-8-5-9-10(6-8)23(17,18)21-14(9)13/h2,8-10,13-14H,1,3-7H2. The van der Waals surface area contributed by atoms with E-state index >= 15 is 0 Å². The number of carbonyl (C=O) groups is 2. The summed E-state index contributed by atoms with van der Waals surface area (Å²) in [6, 6.07) is 0. The highest BCUT2D eigenvalue weighted by Crippen LogP contribution is 2.55. The summed E-state index contributed by atoms with van der Waals surface area (Å²) in [7, 11) is -3.47. The van der Waals surface area contributed by atoms with E-state index in [0.717, 1.165) is 18.2 Å². The summed E-state index contributed by atoms with van der Waals surface area (Å²) >= 11 is 1.02. The minimum Gasteiger partial charge on any atom is -0.463 e. The third-order valence-electron chi connectivity index (χ3n) is 4.56. The van der Waals surface area contributed by atoms with Crippen molar-refractivity contribution in [3.63, 3.8) is 0 Å². The molecule has 2 aliphatic carbocycles. The summed E-state index contributed by atoms with van der Waals surface area (Å²) in [5, 5.41) is -0.572. The maximum absolute atomic E-state index is 11.8. The molecule has 0 spiro atoms. The van der Waals surface area contributed by atoms with E-state index in [2.05, 4.69) is 6.58 Å². The fourth-order valence-corrected chi connectivity index (χ4v) is 6.04. The van der Waals surface area contributed by atoms with Gasteiger partial charge in [0.05, 0.1) is 11.4 Å². The van der Waals surface area contributed by atoms with Crippen molar-refractivity contribution in [2.75, 3.05) is 19.0 Å². The SMILES string of the molecule is C=CC(=O)SCCOC(=O)COC1C2CC3C1OS(=O)(=O)C3C2. The average molecular weight is 362 g/mol. The molecule has 2 saturated carbocycles. The molecule has 9 heteroatoms. The zero-order chi connectivity index (χ0) is 16.6. The van der Waals surface area contributed by atoms with Crippen LogP contribution in [0.15, 0.2) is 12.7 Å². The van der Waals surface area contributed by atoms with E-state index in [0.29, 0.717) is 12.2 Å². The fourth-order valence-electron chi connectivity index (χ4n) is 3.67. The van der Waals surface area contributed by atoms with Gasteiger partial charge in [-0.3, -0.25) is 8.98 Å². The largest absolute Gasteiger partial charge is 0.463 e. The highest BCUT2D eigenvalue weighted by atomic mass is 32.2. The van der Waals surface area contributed by atoms with Crippen molar-refractivity contribution in [2.45, 2.75) is 30.3 Å². The molecule has 0 amide bonds. The molecule has 1 saturated heterocycles. The van der Waals surface area contributed by atoms with Crippen molar-refractivity contribution < 1.29 is 31.7 Å². The van der Waals surface area contributed by atoms with Crippen LogP contribution in [0.5, 0.6) is 0 Å². The van der Waals surface area contributed by atoms with Crippen LogP contribution in [0, 0.1) is 11.8 Å². The Morgan fingerprint density at radius 1 is 1.35 bits per heavy atom. The molecule has 0 N–H and O–H groups in total. The van der Waals surface area contributed by atoms with Crippen molar-refractivity contribution in [3.8, 4) is 0 Å². The molecule has 3 rings (SSSR count). The predicted molar refractivity (Wildman–Crippen MR) is 82.2 cm³/mol. The molecule has 1 heterocycles. The van der Waals surface area contributed by atoms with Gasteiger partial charge < -0.3 is 9.47 Å². The van der Waals surface area contributed by atoms with Gasteiger partial charge in [-0.25, -0.2) is 4.79 Å². The quantitative estimate of drug-likeness (QED) is 0.280. The lowest BCUT2D eigenvalue weighted by Gasteiger charge is -2.24. The zero-order valence-corrected chi connectivity index (χ0v) is 14.0. The Labute approximate surface area is 138 Å². The number of hydrogen-bond acceptors (Lipinski definition) is 8. The number of ether oxygens (including phenoxy) is 2. The van der Waals surface area contributed by atoms with Crippen LogP contribution >= 0.6 is 11.8 Å². The van der Waals surface area contributed by atoms with Gasteiger partial charge in [-0.2, -0.15) is 8.42 Å². The first-order chi connectivity index (χ1) is 10.9. The van der Waals surface area contributed by atoms with Gasteiger partial charge in [-0.1, -0.05) is 18.3 Å². The molecule has 3 aliphatic rings. The van der Waals surface area contributed by atoms with E-state index in [1.165, 1.54) is 6.08 Å². The molecule has 5 unspecified atom stereocenters. The first kappa shape index (κ1) is 16.9. The van der Waals surface area contributed by atoms with Gasteiger partial charge in [0.25, 0.3) is 10.1 Å². The lowest BCUT2D eigenvalue weighted by Crippen LogP contribution is -2.37. The fraction of sp³-hybridized carbons (Fsp3) is 0.714. The molecule has 23 heavy (non-hydrogen) atoms. The Morgan fingerprint density at radius 2 is 2.13 bits per heavy atom.